The third kappa shape index (κ3) is 4.45. The van der Waals surface area contributed by atoms with Gasteiger partial charge >= 0.3 is 0 Å². The summed E-state index contributed by atoms with van der Waals surface area (Å²) in [7, 11) is 0. The lowest BCUT2D eigenvalue weighted by molar-refractivity contribution is 0.795. The molecule has 1 heteroatoms. The Morgan fingerprint density at radius 3 is 1.79 bits per heavy atom. The van der Waals surface area contributed by atoms with Gasteiger partial charge in [0, 0.05) is 5.56 Å². The van der Waals surface area contributed by atoms with Crippen molar-refractivity contribution in [1.82, 2.24) is 0 Å². The lowest BCUT2D eigenvalue weighted by Crippen LogP contribution is -2.12. The summed E-state index contributed by atoms with van der Waals surface area (Å²) in [6.07, 6.45) is 3.58. The van der Waals surface area contributed by atoms with Crippen molar-refractivity contribution >= 4 is 17.0 Å². The van der Waals surface area contributed by atoms with Crippen LogP contribution in [0.3, 0.4) is 0 Å². The van der Waals surface area contributed by atoms with Gasteiger partial charge < -0.3 is 0 Å². The summed E-state index contributed by atoms with van der Waals surface area (Å²) in [5.41, 5.74) is 9.73. The van der Waals surface area contributed by atoms with Gasteiger partial charge in [0.2, 0.25) is 0 Å². The van der Waals surface area contributed by atoms with Gasteiger partial charge in [-0.1, -0.05) is 129 Å². The van der Waals surface area contributed by atoms with Crippen molar-refractivity contribution in [3.63, 3.8) is 0 Å². The van der Waals surface area contributed by atoms with Crippen LogP contribution in [0.5, 0.6) is 0 Å². The Bertz CT molecular complexity index is 1250. The Balaban J connectivity index is 1.67. The number of allylic oxidation sites excluding steroid dienone is 1. The zero-order valence-electron chi connectivity index (χ0n) is 19.1. The molecule has 0 aliphatic carbocycles. The molecule has 1 atom stereocenters. The molecule has 4 aromatic rings. The molecule has 0 amide bonds. The number of nitrogens with zero attached hydrogens (tertiary/aromatic N) is 1. The SMILES string of the molecule is CCCCc1ccc(C2=NC(c3ccccc3)=C(c3ccccc3)C2c2ccccc2)cc1. The van der Waals surface area contributed by atoms with Gasteiger partial charge in [0.25, 0.3) is 0 Å². The van der Waals surface area contributed by atoms with E-state index >= 15 is 0 Å². The van der Waals surface area contributed by atoms with Gasteiger partial charge in [-0.25, -0.2) is 0 Å². The second kappa shape index (κ2) is 9.83. The zero-order chi connectivity index (χ0) is 22.5. The predicted octanol–water partition coefficient (Wildman–Crippen LogP) is 8.18. The minimum absolute atomic E-state index is 0.0882. The first-order valence-corrected chi connectivity index (χ1v) is 11.9. The Kier molecular flexibility index (Phi) is 6.30. The van der Waals surface area contributed by atoms with Gasteiger partial charge in [0.15, 0.2) is 0 Å². The molecule has 0 aromatic heterocycles. The molecule has 1 heterocycles. The highest BCUT2D eigenvalue weighted by Gasteiger charge is 2.33. The maximum atomic E-state index is 5.33. The molecule has 0 saturated carbocycles. The molecule has 1 nitrogen and oxygen atoms in total. The molecular weight excluding hydrogens is 398 g/mol. The number of rotatable bonds is 7. The van der Waals surface area contributed by atoms with Gasteiger partial charge in [0.05, 0.1) is 17.3 Å². The summed E-state index contributed by atoms with van der Waals surface area (Å²) in [4.78, 5) is 5.33. The smallest absolute Gasteiger partial charge is 0.0754 e. The molecule has 1 aliphatic heterocycles. The van der Waals surface area contributed by atoms with E-state index in [1.54, 1.807) is 0 Å². The molecule has 0 radical (unpaired) electrons. The van der Waals surface area contributed by atoms with E-state index in [0.717, 1.165) is 23.4 Å². The number of aliphatic imine (C=N–C) groups is 1. The van der Waals surface area contributed by atoms with Crippen LogP contribution in [0.2, 0.25) is 0 Å². The van der Waals surface area contributed by atoms with E-state index in [-0.39, 0.29) is 5.92 Å². The summed E-state index contributed by atoms with van der Waals surface area (Å²) >= 11 is 0. The Morgan fingerprint density at radius 1 is 0.606 bits per heavy atom. The van der Waals surface area contributed by atoms with E-state index < -0.39 is 0 Å². The molecule has 4 aromatic carbocycles. The number of hydrogen-bond donors (Lipinski definition) is 0. The number of aryl methyl sites for hydroxylation is 1. The van der Waals surface area contributed by atoms with Crippen molar-refractivity contribution in [3.8, 4) is 0 Å². The van der Waals surface area contributed by atoms with Gasteiger partial charge in [0.1, 0.15) is 0 Å². The van der Waals surface area contributed by atoms with E-state index in [9.17, 15) is 0 Å². The van der Waals surface area contributed by atoms with E-state index in [1.807, 2.05) is 0 Å². The second-order valence-corrected chi connectivity index (χ2v) is 8.64. The highest BCUT2D eigenvalue weighted by Crippen LogP contribution is 2.46. The fraction of sp³-hybridized carbons (Fsp3) is 0.156. The number of benzene rings is 4. The molecular formula is C32H29N. The third-order valence-corrected chi connectivity index (χ3v) is 6.38. The summed E-state index contributed by atoms with van der Waals surface area (Å²) in [5, 5.41) is 0. The van der Waals surface area contributed by atoms with Crippen LogP contribution >= 0.6 is 0 Å². The summed E-state index contributed by atoms with van der Waals surface area (Å²) in [6.45, 7) is 2.24. The van der Waals surface area contributed by atoms with Crippen molar-refractivity contribution in [2.45, 2.75) is 32.1 Å². The maximum Gasteiger partial charge on any atom is 0.0754 e. The topological polar surface area (TPSA) is 12.4 Å². The first kappa shape index (κ1) is 21.2. The largest absolute Gasteiger partial charge is 0.251 e. The molecule has 5 rings (SSSR count). The highest BCUT2D eigenvalue weighted by atomic mass is 14.8. The average Bonchev–Trinajstić information content (AvgIpc) is 3.30. The van der Waals surface area contributed by atoms with Crippen molar-refractivity contribution in [1.29, 1.82) is 0 Å². The van der Waals surface area contributed by atoms with Crippen molar-refractivity contribution in [2.24, 2.45) is 4.99 Å². The van der Waals surface area contributed by atoms with E-state index in [0.29, 0.717) is 0 Å². The van der Waals surface area contributed by atoms with Gasteiger partial charge in [-0.3, -0.25) is 4.99 Å². The minimum Gasteiger partial charge on any atom is -0.251 e. The summed E-state index contributed by atoms with van der Waals surface area (Å²) in [5.74, 6) is 0.0882. The molecule has 1 unspecified atom stereocenters. The summed E-state index contributed by atoms with van der Waals surface area (Å²) in [6, 6.07) is 41.2. The first-order valence-electron chi connectivity index (χ1n) is 11.9. The zero-order valence-corrected chi connectivity index (χ0v) is 19.1. The fourth-order valence-electron chi connectivity index (χ4n) is 4.68. The average molecular weight is 428 g/mol. The molecule has 0 saturated heterocycles. The van der Waals surface area contributed by atoms with Gasteiger partial charge in [-0.05, 0) is 40.7 Å². The Morgan fingerprint density at radius 2 is 1.18 bits per heavy atom. The molecule has 0 N–H and O–H groups in total. The van der Waals surface area contributed by atoms with Gasteiger partial charge in [-0.15, -0.1) is 0 Å². The lowest BCUT2D eigenvalue weighted by atomic mass is 9.81. The van der Waals surface area contributed by atoms with E-state index in [2.05, 4.69) is 122 Å². The van der Waals surface area contributed by atoms with E-state index in [4.69, 9.17) is 4.99 Å². The van der Waals surface area contributed by atoms with Gasteiger partial charge in [-0.2, -0.15) is 0 Å². The van der Waals surface area contributed by atoms with Crippen molar-refractivity contribution < 1.29 is 0 Å². The van der Waals surface area contributed by atoms with Crippen LogP contribution in [0.4, 0.5) is 0 Å². The molecule has 0 fully saturated rings. The summed E-state index contributed by atoms with van der Waals surface area (Å²) < 4.78 is 0. The quantitative estimate of drug-likeness (QED) is 0.282. The number of unbranched alkanes of at least 4 members (excludes halogenated alkanes) is 1. The first-order chi connectivity index (χ1) is 16.3. The standard InChI is InChI=1S/C32H29N/c1-2-3-13-24-20-22-28(23-21-24)32-30(26-16-9-5-10-17-26)29(25-14-7-4-8-15-25)31(33-32)27-18-11-6-12-19-27/h4-12,14-23,30H,2-3,13H2,1H3. The van der Waals surface area contributed by atoms with Crippen molar-refractivity contribution in [2.75, 3.05) is 0 Å². The van der Waals surface area contributed by atoms with Crippen LogP contribution in [-0.2, 0) is 6.42 Å². The molecule has 162 valence electrons. The minimum atomic E-state index is 0.0882. The number of hydrogen-bond acceptors (Lipinski definition) is 1. The molecule has 33 heavy (non-hydrogen) atoms. The Labute approximate surface area is 197 Å². The monoisotopic (exact) mass is 427 g/mol. The van der Waals surface area contributed by atoms with Crippen LogP contribution in [0.1, 0.15) is 53.5 Å². The third-order valence-electron chi connectivity index (χ3n) is 6.38. The van der Waals surface area contributed by atoms with Crippen LogP contribution < -0.4 is 0 Å². The maximum absolute atomic E-state index is 5.33. The van der Waals surface area contributed by atoms with Crippen LogP contribution in [0.15, 0.2) is 120 Å². The van der Waals surface area contributed by atoms with E-state index in [1.165, 1.54) is 40.7 Å². The highest BCUT2D eigenvalue weighted by molar-refractivity contribution is 6.21. The molecule has 1 aliphatic rings. The lowest BCUT2D eigenvalue weighted by Gasteiger charge is -2.20. The van der Waals surface area contributed by atoms with Crippen molar-refractivity contribution in [3.05, 3.63) is 143 Å². The fourth-order valence-corrected chi connectivity index (χ4v) is 4.68. The molecule has 0 spiro atoms. The predicted molar refractivity (Wildman–Crippen MR) is 140 cm³/mol. The van der Waals surface area contributed by atoms with Crippen LogP contribution in [0, 0.1) is 0 Å². The normalized spacial score (nSPS) is 15.5. The second-order valence-electron chi connectivity index (χ2n) is 8.64. The molecule has 0 bridgehead atoms. The van der Waals surface area contributed by atoms with Crippen LogP contribution in [0.25, 0.3) is 11.3 Å². The van der Waals surface area contributed by atoms with Crippen LogP contribution in [-0.4, -0.2) is 5.71 Å². The Hall–Kier alpha value is -3.71.